The Bertz CT molecular complexity index is 1160. The number of hydrogen-bond donors (Lipinski definition) is 2. The fourth-order valence-corrected chi connectivity index (χ4v) is 3.56. The molecule has 3 aromatic rings. The number of rotatable bonds is 4. The third-order valence-electron chi connectivity index (χ3n) is 5.28. The van der Waals surface area contributed by atoms with Gasteiger partial charge >= 0.3 is 5.97 Å². The highest BCUT2D eigenvalue weighted by Gasteiger charge is 2.34. The van der Waals surface area contributed by atoms with E-state index in [1.54, 1.807) is 28.9 Å². The summed E-state index contributed by atoms with van der Waals surface area (Å²) in [5, 5.41) is 10.3. The van der Waals surface area contributed by atoms with Crippen molar-refractivity contribution in [2.75, 3.05) is 17.7 Å². The van der Waals surface area contributed by atoms with Crippen molar-refractivity contribution in [3.05, 3.63) is 65.2 Å². The first-order chi connectivity index (χ1) is 14.9. The topological polar surface area (TPSA) is 102 Å². The lowest BCUT2D eigenvalue weighted by Gasteiger charge is -2.24. The number of anilines is 2. The van der Waals surface area contributed by atoms with E-state index in [1.165, 1.54) is 7.11 Å². The molecule has 158 valence electrons. The van der Waals surface area contributed by atoms with Gasteiger partial charge in [0.2, 0.25) is 11.8 Å². The number of carbonyl (C=O) groups is 3. The normalized spacial score (nSPS) is 15.1. The van der Waals surface area contributed by atoms with Crippen molar-refractivity contribution in [1.29, 1.82) is 0 Å². The second-order valence-electron chi connectivity index (χ2n) is 7.46. The smallest absolute Gasteiger partial charge is 0.337 e. The summed E-state index contributed by atoms with van der Waals surface area (Å²) >= 11 is 0. The first-order valence-electron chi connectivity index (χ1n) is 9.82. The van der Waals surface area contributed by atoms with E-state index < -0.39 is 12.0 Å². The number of carbonyl (C=O) groups excluding carboxylic acids is 3. The number of benzene rings is 2. The molecule has 4 rings (SSSR count). The molecule has 1 aliphatic heterocycles. The van der Waals surface area contributed by atoms with Crippen molar-refractivity contribution in [1.82, 2.24) is 9.78 Å². The zero-order chi connectivity index (χ0) is 22.1. The molecular formula is C23H22N4O4. The summed E-state index contributed by atoms with van der Waals surface area (Å²) in [6, 6.07) is 13.5. The minimum Gasteiger partial charge on any atom is -0.465 e. The standard InChI is InChI=1S/C23H22N4O4/c1-13-4-6-15(7-5-13)20-14(2)21-25-19(28)12-18(27(21)26-20)22(29)24-17-10-8-16(9-11-17)23(30)31-3/h4-11,18H,12H2,1-3H3,(H,24,29)(H,25,28). The first-order valence-corrected chi connectivity index (χ1v) is 9.82. The van der Waals surface area contributed by atoms with Crippen LogP contribution in [-0.2, 0) is 14.3 Å². The summed E-state index contributed by atoms with van der Waals surface area (Å²) in [5.74, 6) is -0.540. The van der Waals surface area contributed by atoms with Crippen LogP contribution in [0.5, 0.6) is 0 Å². The molecule has 0 bridgehead atoms. The molecule has 2 heterocycles. The van der Waals surface area contributed by atoms with Crippen molar-refractivity contribution in [2.45, 2.75) is 26.3 Å². The number of ether oxygens (including phenoxy) is 1. The van der Waals surface area contributed by atoms with Gasteiger partial charge in [0.1, 0.15) is 11.9 Å². The highest BCUT2D eigenvalue weighted by molar-refractivity contribution is 6.02. The molecule has 2 N–H and O–H groups in total. The molecule has 0 saturated heterocycles. The average molecular weight is 418 g/mol. The van der Waals surface area contributed by atoms with Crippen LogP contribution in [0.25, 0.3) is 11.3 Å². The molecule has 8 nitrogen and oxygen atoms in total. The maximum atomic E-state index is 13.0. The Morgan fingerprint density at radius 2 is 1.77 bits per heavy atom. The molecule has 2 aromatic carbocycles. The van der Waals surface area contributed by atoms with Crippen LogP contribution in [0.15, 0.2) is 48.5 Å². The van der Waals surface area contributed by atoms with Gasteiger partial charge in [0, 0.05) is 16.8 Å². The van der Waals surface area contributed by atoms with Gasteiger partial charge in [-0.2, -0.15) is 5.10 Å². The Labute approximate surface area is 179 Å². The highest BCUT2D eigenvalue weighted by atomic mass is 16.5. The van der Waals surface area contributed by atoms with Crippen LogP contribution >= 0.6 is 0 Å². The highest BCUT2D eigenvalue weighted by Crippen LogP contribution is 2.34. The van der Waals surface area contributed by atoms with E-state index in [9.17, 15) is 14.4 Å². The van der Waals surface area contributed by atoms with Crippen LogP contribution in [0.2, 0.25) is 0 Å². The third-order valence-corrected chi connectivity index (χ3v) is 5.28. The number of amides is 2. The summed E-state index contributed by atoms with van der Waals surface area (Å²) in [7, 11) is 1.31. The minimum atomic E-state index is -0.790. The molecule has 0 aliphatic carbocycles. The van der Waals surface area contributed by atoms with E-state index in [0.717, 1.165) is 22.4 Å². The third kappa shape index (κ3) is 3.92. The van der Waals surface area contributed by atoms with Gasteiger partial charge in [-0.15, -0.1) is 0 Å². The van der Waals surface area contributed by atoms with Gasteiger partial charge in [-0.1, -0.05) is 29.8 Å². The Morgan fingerprint density at radius 3 is 2.42 bits per heavy atom. The van der Waals surface area contributed by atoms with Crippen LogP contribution in [-0.4, -0.2) is 34.7 Å². The van der Waals surface area contributed by atoms with E-state index in [4.69, 9.17) is 0 Å². The summed E-state index contributed by atoms with van der Waals surface area (Å²) in [4.78, 5) is 36.9. The van der Waals surface area contributed by atoms with E-state index in [2.05, 4.69) is 20.5 Å². The van der Waals surface area contributed by atoms with Crippen LogP contribution in [0.3, 0.4) is 0 Å². The van der Waals surface area contributed by atoms with Gasteiger partial charge in [-0.05, 0) is 38.1 Å². The molecule has 2 amide bonds. The van der Waals surface area contributed by atoms with Gasteiger partial charge < -0.3 is 15.4 Å². The lowest BCUT2D eigenvalue weighted by atomic mass is 10.1. The molecule has 1 aliphatic rings. The van der Waals surface area contributed by atoms with E-state index in [0.29, 0.717) is 17.1 Å². The van der Waals surface area contributed by atoms with Crippen LogP contribution < -0.4 is 10.6 Å². The SMILES string of the molecule is COC(=O)c1ccc(NC(=O)C2CC(=O)Nc3c(C)c(-c4ccc(C)cc4)nn32)cc1. The molecule has 0 fully saturated rings. The zero-order valence-electron chi connectivity index (χ0n) is 17.4. The molecule has 0 saturated carbocycles. The minimum absolute atomic E-state index is 0.0203. The van der Waals surface area contributed by atoms with Crippen molar-refractivity contribution in [3.8, 4) is 11.3 Å². The van der Waals surface area contributed by atoms with Gasteiger partial charge in [0.05, 0.1) is 24.8 Å². The number of nitrogens with zero attached hydrogens (tertiary/aromatic N) is 2. The number of aromatic nitrogens is 2. The van der Waals surface area contributed by atoms with Crippen molar-refractivity contribution in [3.63, 3.8) is 0 Å². The van der Waals surface area contributed by atoms with Crippen molar-refractivity contribution in [2.24, 2.45) is 0 Å². The summed E-state index contributed by atoms with van der Waals surface area (Å²) < 4.78 is 6.25. The Hall–Kier alpha value is -3.94. The van der Waals surface area contributed by atoms with Crippen molar-refractivity contribution < 1.29 is 19.1 Å². The van der Waals surface area contributed by atoms with Gasteiger partial charge in [-0.3, -0.25) is 9.59 Å². The fraction of sp³-hybridized carbons (Fsp3) is 0.217. The van der Waals surface area contributed by atoms with Gasteiger partial charge in [0.25, 0.3) is 0 Å². The molecule has 0 spiro atoms. The quantitative estimate of drug-likeness (QED) is 0.632. The Kier molecular flexibility index (Phi) is 5.29. The van der Waals surface area contributed by atoms with Crippen molar-refractivity contribution >= 4 is 29.3 Å². The molecule has 31 heavy (non-hydrogen) atoms. The molecule has 1 atom stereocenters. The predicted molar refractivity (Wildman–Crippen MR) is 116 cm³/mol. The fourth-order valence-electron chi connectivity index (χ4n) is 3.56. The number of methoxy groups -OCH3 is 1. The predicted octanol–water partition coefficient (Wildman–Crippen LogP) is 3.48. The lowest BCUT2D eigenvalue weighted by molar-refractivity contribution is -0.125. The lowest BCUT2D eigenvalue weighted by Crippen LogP contribution is -2.35. The summed E-state index contributed by atoms with van der Waals surface area (Å²) in [6.07, 6.45) is -0.0203. The number of aryl methyl sites for hydroxylation is 1. The summed E-state index contributed by atoms with van der Waals surface area (Å²) in [5.41, 5.74) is 4.46. The molecule has 1 aromatic heterocycles. The maximum Gasteiger partial charge on any atom is 0.337 e. The van der Waals surface area contributed by atoms with Crippen LogP contribution in [0.4, 0.5) is 11.5 Å². The second-order valence-corrected chi connectivity index (χ2v) is 7.46. The summed E-state index contributed by atoms with van der Waals surface area (Å²) in [6.45, 7) is 3.88. The van der Waals surface area contributed by atoms with Gasteiger partial charge in [-0.25, -0.2) is 9.48 Å². The molecule has 0 radical (unpaired) electrons. The Balaban J connectivity index is 1.62. The van der Waals surface area contributed by atoms with Gasteiger partial charge in [0.15, 0.2) is 0 Å². The van der Waals surface area contributed by atoms with Crippen LogP contribution in [0.1, 0.15) is 33.9 Å². The second kappa shape index (κ2) is 8.06. The number of fused-ring (bicyclic) bond motifs is 1. The number of esters is 1. The largest absolute Gasteiger partial charge is 0.465 e. The Morgan fingerprint density at radius 1 is 1.10 bits per heavy atom. The van der Waals surface area contributed by atoms with E-state index in [-0.39, 0.29) is 18.2 Å². The zero-order valence-corrected chi connectivity index (χ0v) is 17.4. The number of hydrogen-bond acceptors (Lipinski definition) is 5. The molecule has 8 heteroatoms. The average Bonchev–Trinajstić information content (AvgIpc) is 3.10. The monoisotopic (exact) mass is 418 g/mol. The number of nitrogens with one attached hydrogen (secondary N) is 2. The molecular weight excluding hydrogens is 396 g/mol. The molecule has 1 unspecified atom stereocenters. The van der Waals surface area contributed by atoms with E-state index >= 15 is 0 Å². The maximum absolute atomic E-state index is 13.0. The first kappa shape index (κ1) is 20.3. The van der Waals surface area contributed by atoms with E-state index in [1.807, 2.05) is 38.1 Å². The van der Waals surface area contributed by atoms with Crippen LogP contribution in [0, 0.1) is 13.8 Å².